The van der Waals surface area contributed by atoms with Crippen LogP contribution in [0.25, 0.3) is 0 Å². The summed E-state index contributed by atoms with van der Waals surface area (Å²) in [6.07, 6.45) is 1.15. The normalized spacial score (nSPS) is 15.2. The van der Waals surface area contributed by atoms with Crippen LogP contribution in [0, 0.1) is 0 Å². The average Bonchev–Trinajstić information content (AvgIpc) is 1.38. The summed E-state index contributed by atoms with van der Waals surface area (Å²) in [6.45, 7) is 2.11. The first-order valence-electron chi connectivity index (χ1n) is 2.03. The topological polar surface area (TPSA) is 26.0 Å². The third kappa shape index (κ3) is 4.96. The summed E-state index contributed by atoms with van der Waals surface area (Å²) in [4.78, 5) is 0. The Balaban J connectivity index is 2.54. The van der Waals surface area contributed by atoms with E-state index in [0.717, 1.165) is 34.4 Å². The van der Waals surface area contributed by atoms with Gasteiger partial charge in [0, 0.05) is 0 Å². The second kappa shape index (κ2) is 3.16. The van der Waals surface area contributed by atoms with Crippen LogP contribution in [-0.4, -0.2) is 31.2 Å². The molecule has 0 heterocycles. The van der Waals surface area contributed by atoms with E-state index in [0.29, 0.717) is 3.29 Å². The van der Waals surface area contributed by atoms with Gasteiger partial charge >= 0.3 is 50.3 Å². The second-order valence-electron chi connectivity index (χ2n) is 1.39. The molecule has 1 atom stereocenters. The summed E-state index contributed by atoms with van der Waals surface area (Å²) in [5, 5.41) is 0. The van der Waals surface area contributed by atoms with Crippen LogP contribution in [-0.2, 0) is 0 Å². The SMILES string of the molecule is CC[CH](N)[Na]. The quantitative estimate of drug-likeness (QED) is 0.436. The van der Waals surface area contributed by atoms with Crippen LogP contribution in [0.2, 0.25) is 0 Å². The Morgan fingerprint density at radius 1 is 2.00 bits per heavy atom. The van der Waals surface area contributed by atoms with E-state index in [1.807, 2.05) is 0 Å². The summed E-state index contributed by atoms with van der Waals surface area (Å²) >= 11 is 1.15. The van der Waals surface area contributed by atoms with E-state index in [-0.39, 0.29) is 0 Å². The van der Waals surface area contributed by atoms with Crippen LogP contribution in [0.3, 0.4) is 0 Å². The van der Waals surface area contributed by atoms with Crippen molar-refractivity contribution in [3.8, 4) is 0 Å². The molecule has 26 valence electrons. The van der Waals surface area contributed by atoms with E-state index in [1.54, 1.807) is 0 Å². The molecule has 0 aliphatic carbocycles. The number of rotatable bonds is 1. The average molecular weight is 81.1 g/mol. The minimum absolute atomic E-state index is 0.523. The van der Waals surface area contributed by atoms with Crippen molar-refractivity contribution >= 4 is 27.9 Å². The van der Waals surface area contributed by atoms with Crippen molar-refractivity contribution < 1.29 is 0 Å². The van der Waals surface area contributed by atoms with Crippen LogP contribution < -0.4 is 5.73 Å². The second-order valence-corrected chi connectivity index (χ2v) is 2.87. The zero-order chi connectivity index (χ0) is 4.28. The van der Waals surface area contributed by atoms with Gasteiger partial charge in [0.05, 0.1) is 0 Å². The summed E-state index contributed by atoms with van der Waals surface area (Å²) < 4.78 is 0.523. The molecule has 0 spiro atoms. The fourth-order valence-corrected chi connectivity index (χ4v) is 0. The molecule has 2 heteroatoms. The predicted molar refractivity (Wildman–Crippen MR) is 24.0 cm³/mol. The maximum atomic E-state index is 5.35. The molecule has 0 amide bonds. The number of hydrogen-bond donors (Lipinski definition) is 1. The molecule has 0 aromatic heterocycles. The monoisotopic (exact) mass is 81.1 g/mol. The van der Waals surface area contributed by atoms with Gasteiger partial charge in [0.15, 0.2) is 0 Å². The van der Waals surface area contributed by atoms with Crippen molar-refractivity contribution in [2.75, 3.05) is 0 Å². The van der Waals surface area contributed by atoms with Gasteiger partial charge < -0.3 is 0 Å². The van der Waals surface area contributed by atoms with E-state index in [4.69, 9.17) is 5.73 Å². The Bertz CT molecular complexity index is 20.9. The van der Waals surface area contributed by atoms with E-state index in [9.17, 15) is 0 Å². The predicted octanol–water partition coefficient (Wildman–Crippen LogP) is -0.150. The number of nitrogens with two attached hydrogens (primary N) is 1. The van der Waals surface area contributed by atoms with Crippen LogP contribution >= 0.6 is 0 Å². The van der Waals surface area contributed by atoms with Gasteiger partial charge in [-0.2, -0.15) is 0 Å². The van der Waals surface area contributed by atoms with Crippen molar-refractivity contribution in [2.24, 2.45) is 5.73 Å². The van der Waals surface area contributed by atoms with Crippen molar-refractivity contribution in [3.63, 3.8) is 0 Å². The summed E-state index contributed by atoms with van der Waals surface area (Å²) in [5.74, 6) is 0. The molecular weight excluding hydrogens is 73.0 g/mol. The maximum absolute atomic E-state index is 5.35. The zero-order valence-corrected chi connectivity index (χ0v) is 5.86. The molecule has 0 bridgehead atoms. The van der Waals surface area contributed by atoms with Crippen LogP contribution in [0.5, 0.6) is 0 Å². The van der Waals surface area contributed by atoms with Crippen molar-refractivity contribution in [1.29, 1.82) is 0 Å². The van der Waals surface area contributed by atoms with Gasteiger partial charge in [-0.3, -0.25) is 0 Å². The molecule has 1 unspecified atom stereocenters. The first-order valence-corrected chi connectivity index (χ1v) is 3.18. The van der Waals surface area contributed by atoms with E-state index < -0.39 is 0 Å². The summed E-state index contributed by atoms with van der Waals surface area (Å²) in [5.41, 5.74) is 5.35. The van der Waals surface area contributed by atoms with Crippen LogP contribution in [0.4, 0.5) is 0 Å². The van der Waals surface area contributed by atoms with Crippen LogP contribution in [0.15, 0.2) is 0 Å². The molecule has 0 aromatic rings. The Hall–Kier alpha value is 0.960. The van der Waals surface area contributed by atoms with Gasteiger partial charge in [-0.15, -0.1) is 0 Å². The molecule has 0 saturated carbocycles. The molecule has 0 aromatic carbocycles. The fourth-order valence-electron chi connectivity index (χ4n) is 0. The molecule has 0 aliphatic rings. The molecular formula is C3H8NNa. The Morgan fingerprint density at radius 2 is 2.20 bits per heavy atom. The molecule has 0 saturated heterocycles. The van der Waals surface area contributed by atoms with Gasteiger partial charge in [-0.1, -0.05) is 0 Å². The van der Waals surface area contributed by atoms with Gasteiger partial charge in [0.25, 0.3) is 0 Å². The molecule has 0 radical (unpaired) electrons. The van der Waals surface area contributed by atoms with E-state index in [2.05, 4.69) is 6.92 Å². The van der Waals surface area contributed by atoms with Gasteiger partial charge in [-0.25, -0.2) is 0 Å². The molecule has 0 aliphatic heterocycles. The Labute approximate surface area is 50.3 Å². The van der Waals surface area contributed by atoms with Gasteiger partial charge in [0.2, 0.25) is 0 Å². The van der Waals surface area contributed by atoms with Crippen molar-refractivity contribution in [1.82, 2.24) is 0 Å². The van der Waals surface area contributed by atoms with E-state index in [1.165, 1.54) is 0 Å². The first kappa shape index (κ1) is 5.96. The molecule has 1 nitrogen and oxygen atoms in total. The Kier molecular flexibility index (Phi) is 3.77. The van der Waals surface area contributed by atoms with Crippen molar-refractivity contribution in [3.05, 3.63) is 0 Å². The van der Waals surface area contributed by atoms with Crippen LogP contribution in [0.1, 0.15) is 13.3 Å². The zero-order valence-electron chi connectivity index (χ0n) is 3.86. The molecule has 0 rings (SSSR count). The Morgan fingerprint density at radius 3 is 2.20 bits per heavy atom. The van der Waals surface area contributed by atoms with E-state index >= 15 is 0 Å². The summed E-state index contributed by atoms with van der Waals surface area (Å²) in [7, 11) is 0. The molecule has 2 N–H and O–H groups in total. The number of hydrogen-bond acceptors (Lipinski definition) is 1. The first-order chi connectivity index (χ1) is 2.27. The molecule has 5 heavy (non-hydrogen) atoms. The standard InChI is InChI=1S/C3H8N.Na/c1-2-3-4;/h3H,2,4H2,1H3;. The summed E-state index contributed by atoms with van der Waals surface area (Å²) in [6, 6.07) is 0. The van der Waals surface area contributed by atoms with Gasteiger partial charge in [0.1, 0.15) is 0 Å². The third-order valence-corrected chi connectivity index (χ3v) is 1.46. The van der Waals surface area contributed by atoms with Gasteiger partial charge in [-0.05, 0) is 0 Å². The minimum atomic E-state index is 0.523. The van der Waals surface area contributed by atoms with Crippen molar-refractivity contribution in [2.45, 2.75) is 16.6 Å². The third-order valence-electron chi connectivity index (χ3n) is 0.644. The fraction of sp³-hybridized carbons (Fsp3) is 1.00. The molecule has 0 fully saturated rings.